The third kappa shape index (κ3) is 5.04. The Morgan fingerprint density at radius 2 is 1.90 bits per heavy atom. The Hall–Kier alpha value is -2.77. The average molecular weight is 424 g/mol. The lowest BCUT2D eigenvalue weighted by atomic mass is 9.99. The zero-order chi connectivity index (χ0) is 21.0. The van der Waals surface area contributed by atoms with Crippen LogP contribution in [0.15, 0.2) is 72.4 Å². The molecule has 0 radical (unpaired) electrons. The van der Waals surface area contributed by atoms with E-state index in [9.17, 15) is 13.2 Å². The minimum atomic E-state index is -3.25. The van der Waals surface area contributed by atoms with Gasteiger partial charge in [0.25, 0.3) is 0 Å². The van der Waals surface area contributed by atoms with Gasteiger partial charge in [0.05, 0.1) is 18.3 Å². The van der Waals surface area contributed by atoms with Crippen LogP contribution in [0.4, 0.5) is 0 Å². The van der Waals surface area contributed by atoms with E-state index in [1.54, 1.807) is 23.4 Å². The van der Waals surface area contributed by atoms with Gasteiger partial charge in [-0.15, -0.1) is 0 Å². The normalized spacial score (nSPS) is 20.7. The number of amides is 1. The average Bonchev–Trinajstić information content (AvgIpc) is 3.13. The van der Waals surface area contributed by atoms with Gasteiger partial charge in [-0.3, -0.25) is 14.7 Å². The van der Waals surface area contributed by atoms with Crippen LogP contribution in [-0.4, -0.2) is 60.5 Å². The lowest BCUT2D eigenvalue weighted by Crippen LogP contribution is -2.46. The molecule has 1 amide bonds. The molecule has 1 atom stereocenters. The molecule has 0 saturated heterocycles. The first-order valence-electron chi connectivity index (χ1n) is 10.1. The van der Waals surface area contributed by atoms with Gasteiger partial charge in [0.2, 0.25) is 5.91 Å². The summed E-state index contributed by atoms with van der Waals surface area (Å²) in [4.78, 5) is 21.0. The molecule has 4 rings (SSSR count). The zero-order valence-corrected chi connectivity index (χ0v) is 17.5. The van der Waals surface area contributed by atoms with Gasteiger partial charge < -0.3 is 4.90 Å². The number of carbonyl (C=O) groups is 1. The predicted octanol–water partition coefficient (Wildman–Crippen LogP) is 2.51. The van der Waals surface area contributed by atoms with Gasteiger partial charge in [-0.2, -0.15) is 0 Å². The molecule has 6 nitrogen and oxygen atoms in total. The highest BCUT2D eigenvalue weighted by Gasteiger charge is 2.31. The summed E-state index contributed by atoms with van der Waals surface area (Å²) in [5.74, 6) is -0.114. The molecule has 0 saturated carbocycles. The first-order valence-corrected chi connectivity index (χ1v) is 11.8. The molecule has 7 heteroatoms. The van der Waals surface area contributed by atoms with Gasteiger partial charge in [-0.1, -0.05) is 36.4 Å². The second-order valence-electron chi connectivity index (χ2n) is 7.68. The summed E-state index contributed by atoms with van der Waals surface area (Å²) >= 11 is 0. The van der Waals surface area contributed by atoms with Gasteiger partial charge in [-0.05, 0) is 41.3 Å². The largest absolute Gasteiger partial charge is 0.330 e. The van der Waals surface area contributed by atoms with E-state index in [1.807, 2.05) is 30.3 Å². The highest BCUT2D eigenvalue weighted by Crippen LogP contribution is 2.23. The van der Waals surface area contributed by atoms with E-state index in [4.69, 9.17) is 0 Å². The van der Waals surface area contributed by atoms with E-state index in [-0.39, 0.29) is 18.2 Å². The Morgan fingerprint density at radius 1 is 1.13 bits per heavy atom. The van der Waals surface area contributed by atoms with Gasteiger partial charge >= 0.3 is 0 Å². The van der Waals surface area contributed by atoms with Crippen molar-refractivity contribution in [3.8, 4) is 0 Å². The molecule has 30 heavy (non-hydrogen) atoms. The molecule has 0 fully saturated rings. The van der Waals surface area contributed by atoms with Crippen molar-refractivity contribution in [1.82, 2.24) is 14.8 Å². The SMILES string of the molecule is O=C(CN1CC=C(c2ccccc2)CC1)N(Cc1ccncc1)C1C=CS(=O)(=O)C1. The van der Waals surface area contributed by atoms with Crippen LogP contribution in [0.5, 0.6) is 0 Å². The maximum absolute atomic E-state index is 13.2. The van der Waals surface area contributed by atoms with Crippen LogP contribution in [0.3, 0.4) is 0 Å². The van der Waals surface area contributed by atoms with Crippen LogP contribution in [0, 0.1) is 0 Å². The monoisotopic (exact) mass is 423 g/mol. The van der Waals surface area contributed by atoms with Crippen LogP contribution in [-0.2, 0) is 21.2 Å². The van der Waals surface area contributed by atoms with E-state index >= 15 is 0 Å². The summed E-state index contributed by atoms with van der Waals surface area (Å²) in [5, 5.41) is 1.22. The fraction of sp³-hybridized carbons (Fsp3) is 0.304. The summed E-state index contributed by atoms with van der Waals surface area (Å²) in [6.45, 7) is 2.14. The molecule has 1 unspecified atom stereocenters. The quantitative estimate of drug-likeness (QED) is 0.714. The Morgan fingerprint density at radius 3 is 2.53 bits per heavy atom. The fourth-order valence-electron chi connectivity index (χ4n) is 3.88. The third-order valence-electron chi connectivity index (χ3n) is 5.53. The molecule has 0 bridgehead atoms. The number of pyridine rings is 1. The molecule has 2 aromatic rings. The highest BCUT2D eigenvalue weighted by molar-refractivity contribution is 7.94. The molecule has 1 aromatic carbocycles. The molecule has 2 aliphatic heterocycles. The number of sulfone groups is 1. The van der Waals surface area contributed by atoms with E-state index in [0.717, 1.165) is 18.5 Å². The number of hydrogen-bond acceptors (Lipinski definition) is 5. The number of benzene rings is 1. The van der Waals surface area contributed by atoms with Crippen molar-refractivity contribution in [2.75, 3.05) is 25.4 Å². The molecular weight excluding hydrogens is 398 g/mol. The van der Waals surface area contributed by atoms with E-state index in [2.05, 4.69) is 28.1 Å². The Bertz CT molecular complexity index is 1050. The second-order valence-corrected chi connectivity index (χ2v) is 9.61. The smallest absolute Gasteiger partial charge is 0.237 e. The zero-order valence-electron chi connectivity index (χ0n) is 16.7. The van der Waals surface area contributed by atoms with Crippen molar-refractivity contribution in [3.05, 3.63) is 83.5 Å². The minimum absolute atomic E-state index is 0.0537. The summed E-state index contributed by atoms with van der Waals surface area (Å²) in [6.07, 6.45) is 8.05. The number of carbonyl (C=O) groups excluding carboxylic acids is 1. The molecule has 0 aliphatic carbocycles. The summed E-state index contributed by atoms with van der Waals surface area (Å²) in [5.41, 5.74) is 3.46. The number of hydrogen-bond donors (Lipinski definition) is 0. The van der Waals surface area contributed by atoms with E-state index in [0.29, 0.717) is 13.1 Å². The van der Waals surface area contributed by atoms with E-state index < -0.39 is 15.9 Å². The van der Waals surface area contributed by atoms with Gasteiger partial charge in [0, 0.05) is 37.4 Å². The first kappa shape index (κ1) is 20.5. The first-order chi connectivity index (χ1) is 14.5. The maximum atomic E-state index is 13.2. The Kier molecular flexibility index (Phi) is 6.11. The van der Waals surface area contributed by atoms with Gasteiger partial charge in [-0.25, -0.2) is 8.42 Å². The molecule has 2 aliphatic rings. The number of nitrogens with zero attached hydrogens (tertiary/aromatic N) is 3. The summed E-state index contributed by atoms with van der Waals surface area (Å²) in [7, 11) is -3.25. The third-order valence-corrected chi connectivity index (χ3v) is 6.91. The van der Waals surface area contributed by atoms with Crippen LogP contribution < -0.4 is 0 Å². The summed E-state index contributed by atoms with van der Waals surface area (Å²) in [6, 6.07) is 13.6. The molecule has 156 valence electrons. The van der Waals surface area contributed by atoms with Gasteiger partial charge in [0.15, 0.2) is 9.84 Å². The van der Waals surface area contributed by atoms with E-state index in [1.165, 1.54) is 16.5 Å². The predicted molar refractivity (Wildman–Crippen MR) is 117 cm³/mol. The number of rotatable bonds is 6. The van der Waals surface area contributed by atoms with Crippen LogP contribution in [0.1, 0.15) is 17.5 Å². The van der Waals surface area contributed by atoms with Crippen molar-refractivity contribution in [1.29, 1.82) is 0 Å². The van der Waals surface area contributed by atoms with Crippen molar-refractivity contribution in [3.63, 3.8) is 0 Å². The van der Waals surface area contributed by atoms with Crippen LogP contribution in [0.25, 0.3) is 5.57 Å². The Labute approximate surface area is 177 Å². The molecule has 3 heterocycles. The van der Waals surface area contributed by atoms with Gasteiger partial charge in [0.1, 0.15) is 0 Å². The lowest BCUT2D eigenvalue weighted by Gasteiger charge is -2.32. The molecule has 0 spiro atoms. The van der Waals surface area contributed by atoms with Crippen molar-refractivity contribution < 1.29 is 13.2 Å². The van der Waals surface area contributed by atoms with Crippen molar-refractivity contribution in [2.24, 2.45) is 0 Å². The topological polar surface area (TPSA) is 70.6 Å². The van der Waals surface area contributed by atoms with Crippen LogP contribution >= 0.6 is 0 Å². The van der Waals surface area contributed by atoms with Crippen LogP contribution in [0.2, 0.25) is 0 Å². The second kappa shape index (κ2) is 8.93. The molecular formula is C23H25N3O3S. The highest BCUT2D eigenvalue weighted by atomic mass is 32.2. The van der Waals surface area contributed by atoms with Crippen molar-refractivity contribution in [2.45, 2.75) is 19.0 Å². The Balaban J connectivity index is 1.44. The minimum Gasteiger partial charge on any atom is -0.330 e. The standard InChI is InChI=1S/C23H25N3O3S/c27-23(17-25-13-8-21(9-14-25)20-4-2-1-3-5-20)26(16-19-6-11-24-12-7-19)22-10-15-30(28,29)18-22/h1-8,10-12,15,22H,9,13-14,16-18H2. The lowest BCUT2D eigenvalue weighted by molar-refractivity contribution is -0.134. The maximum Gasteiger partial charge on any atom is 0.237 e. The van der Waals surface area contributed by atoms with Crippen molar-refractivity contribution >= 4 is 21.3 Å². The molecule has 0 N–H and O–H groups in total. The summed E-state index contributed by atoms with van der Waals surface area (Å²) < 4.78 is 23.9. The fourth-order valence-corrected chi connectivity index (χ4v) is 5.18. The molecule has 1 aromatic heterocycles. The number of aromatic nitrogens is 1.